The molecule has 1 aliphatic heterocycles. The second kappa shape index (κ2) is 8.50. The van der Waals surface area contributed by atoms with E-state index in [1.807, 2.05) is 13.8 Å². The van der Waals surface area contributed by atoms with Crippen LogP contribution in [0.3, 0.4) is 0 Å². The van der Waals surface area contributed by atoms with Crippen molar-refractivity contribution in [1.82, 2.24) is 9.62 Å². The Balaban J connectivity index is 2.15. The number of nitrogens with zero attached hydrogens (tertiary/aromatic N) is 1. The van der Waals surface area contributed by atoms with Crippen LogP contribution in [0.1, 0.15) is 37.3 Å². The van der Waals surface area contributed by atoms with Gasteiger partial charge in [-0.15, -0.1) is 0 Å². The number of amides is 1. The first-order valence-corrected chi connectivity index (χ1v) is 10.6. The van der Waals surface area contributed by atoms with Crippen molar-refractivity contribution in [3.63, 3.8) is 0 Å². The predicted molar refractivity (Wildman–Crippen MR) is 105 cm³/mol. The van der Waals surface area contributed by atoms with Gasteiger partial charge in [0.2, 0.25) is 15.9 Å². The lowest BCUT2D eigenvalue weighted by molar-refractivity contribution is -0.117. The highest BCUT2D eigenvalue weighted by Crippen LogP contribution is 2.27. The van der Waals surface area contributed by atoms with Crippen molar-refractivity contribution in [1.29, 1.82) is 0 Å². The molecule has 2 unspecified atom stereocenters. The average molecular weight is 382 g/mol. The molecule has 1 amide bonds. The van der Waals surface area contributed by atoms with Gasteiger partial charge in [-0.1, -0.05) is 6.92 Å². The minimum Gasteiger partial charge on any atom is -0.326 e. The topological polar surface area (TPSA) is 78.5 Å². The number of nitrogens with one attached hydrogen (secondary N) is 2. The molecule has 0 aromatic heterocycles. The van der Waals surface area contributed by atoms with Crippen LogP contribution in [0.4, 0.5) is 5.69 Å². The van der Waals surface area contributed by atoms with E-state index in [1.54, 1.807) is 12.1 Å². The van der Waals surface area contributed by atoms with Crippen LogP contribution in [0.5, 0.6) is 0 Å². The lowest BCUT2D eigenvalue weighted by atomic mass is 9.85. The van der Waals surface area contributed by atoms with Gasteiger partial charge in [-0.2, -0.15) is 0 Å². The Labute approximate surface area is 157 Å². The quantitative estimate of drug-likeness (QED) is 0.794. The van der Waals surface area contributed by atoms with Crippen molar-refractivity contribution >= 4 is 21.6 Å². The fraction of sp³-hybridized carbons (Fsp3) is 0.632. The summed E-state index contributed by atoms with van der Waals surface area (Å²) in [6, 6.07) is 3.21. The summed E-state index contributed by atoms with van der Waals surface area (Å²) in [5, 5.41) is 6.32. The fourth-order valence-electron chi connectivity index (χ4n) is 3.34. The number of anilines is 1. The molecule has 1 heterocycles. The molecule has 1 aromatic rings. The van der Waals surface area contributed by atoms with Gasteiger partial charge in [0.15, 0.2) is 0 Å². The van der Waals surface area contributed by atoms with Crippen molar-refractivity contribution < 1.29 is 13.2 Å². The number of carbonyl (C=O) groups is 1. The Morgan fingerprint density at radius 3 is 2.62 bits per heavy atom. The number of benzene rings is 1. The Bertz CT molecular complexity index is 754. The lowest BCUT2D eigenvalue weighted by Crippen LogP contribution is -2.34. The second-order valence-electron chi connectivity index (χ2n) is 7.54. The van der Waals surface area contributed by atoms with Gasteiger partial charge in [0, 0.05) is 26.2 Å². The molecule has 6 nitrogen and oxygen atoms in total. The van der Waals surface area contributed by atoms with Crippen molar-refractivity contribution in [2.45, 2.75) is 44.9 Å². The van der Waals surface area contributed by atoms with Gasteiger partial charge in [0.25, 0.3) is 0 Å². The van der Waals surface area contributed by atoms with Crippen LogP contribution in [-0.4, -0.2) is 45.8 Å². The summed E-state index contributed by atoms with van der Waals surface area (Å²) < 4.78 is 26.0. The number of hydrogen-bond acceptors (Lipinski definition) is 4. The number of aryl methyl sites for hydroxylation is 1. The summed E-state index contributed by atoms with van der Waals surface area (Å²) in [7, 11) is -0.536. The van der Waals surface area contributed by atoms with Crippen molar-refractivity contribution in [2.24, 2.45) is 11.8 Å². The maximum atomic E-state index is 12.5. The molecule has 0 radical (unpaired) electrons. The first-order valence-electron chi connectivity index (χ1n) is 9.17. The smallest absolute Gasteiger partial charge is 0.242 e. The molecule has 2 N–H and O–H groups in total. The first kappa shape index (κ1) is 20.9. The molecule has 0 saturated carbocycles. The van der Waals surface area contributed by atoms with E-state index in [-0.39, 0.29) is 16.7 Å². The van der Waals surface area contributed by atoms with E-state index < -0.39 is 10.0 Å². The second-order valence-corrected chi connectivity index (χ2v) is 9.69. The molecule has 146 valence electrons. The van der Waals surface area contributed by atoms with Crippen LogP contribution in [0.15, 0.2) is 17.0 Å². The van der Waals surface area contributed by atoms with E-state index in [0.717, 1.165) is 37.1 Å². The van der Waals surface area contributed by atoms with Crippen LogP contribution in [0.25, 0.3) is 0 Å². The largest absolute Gasteiger partial charge is 0.326 e. The third-order valence-corrected chi connectivity index (χ3v) is 7.13. The minimum absolute atomic E-state index is 0.0648. The molecule has 1 fully saturated rings. The lowest BCUT2D eigenvalue weighted by Gasteiger charge is -2.28. The zero-order chi connectivity index (χ0) is 19.5. The fourth-order valence-corrected chi connectivity index (χ4v) is 4.35. The average Bonchev–Trinajstić information content (AvgIpc) is 2.59. The van der Waals surface area contributed by atoms with E-state index in [2.05, 4.69) is 17.6 Å². The molecular formula is C19H31N3O3S. The molecular weight excluding hydrogens is 350 g/mol. The summed E-state index contributed by atoms with van der Waals surface area (Å²) in [6.07, 6.45) is 2.74. The molecule has 0 spiro atoms. The van der Waals surface area contributed by atoms with Crippen LogP contribution in [-0.2, 0) is 14.8 Å². The van der Waals surface area contributed by atoms with E-state index in [4.69, 9.17) is 0 Å². The third kappa shape index (κ3) is 4.84. The van der Waals surface area contributed by atoms with Gasteiger partial charge in [-0.3, -0.25) is 4.79 Å². The summed E-state index contributed by atoms with van der Waals surface area (Å²) in [6.45, 7) is 7.88. The molecule has 0 bridgehead atoms. The van der Waals surface area contributed by atoms with Gasteiger partial charge >= 0.3 is 0 Å². The number of rotatable bonds is 6. The van der Waals surface area contributed by atoms with Gasteiger partial charge < -0.3 is 10.6 Å². The molecule has 0 aliphatic carbocycles. The Morgan fingerprint density at radius 1 is 1.35 bits per heavy atom. The number of sulfonamides is 1. The molecule has 1 aliphatic rings. The van der Waals surface area contributed by atoms with Crippen LogP contribution >= 0.6 is 0 Å². The number of carbonyl (C=O) groups excluding carboxylic acids is 1. The van der Waals surface area contributed by atoms with Crippen LogP contribution in [0, 0.1) is 25.7 Å². The van der Waals surface area contributed by atoms with Crippen LogP contribution < -0.4 is 10.6 Å². The zero-order valence-electron chi connectivity index (χ0n) is 16.4. The van der Waals surface area contributed by atoms with Crippen molar-refractivity contribution in [2.75, 3.05) is 32.5 Å². The molecule has 7 heteroatoms. The molecule has 2 atom stereocenters. The highest BCUT2D eigenvalue weighted by Gasteiger charge is 2.23. The number of piperidine rings is 1. The zero-order valence-corrected chi connectivity index (χ0v) is 17.2. The normalized spacial score (nSPS) is 19.4. The summed E-state index contributed by atoms with van der Waals surface area (Å²) in [5.41, 5.74) is 2.31. The first-order chi connectivity index (χ1) is 12.1. The Kier molecular flexibility index (Phi) is 6.82. The highest BCUT2D eigenvalue weighted by atomic mass is 32.2. The van der Waals surface area contributed by atoms with Gasteiger partial charge in [-0.05, 0) is 74.9 Å². The molecule has 26 heavy (non-hydrogen) atoms. The summed E-state index contributed by atoms with van der Waals surface area (Å²) in [4.78, 5) is 12.7. The molecule has 1 saturated heterocycles. The van der Waals surface area contributed by atoms with Gasteiger partial charge in [-0.25, -0.2) is 12.7 Å². The Morgan fingerprint density at radius 2 is 2.04 bits per heavy atom. The van der Waals surface area contributed by atoms with Gasteiger partial charge in [0.05, 0.1) is 4.90 Å². The van der Waals surface area contributed by atoms with E-state index in [1.165, 1.54) is 18.4 Å². The summed E-state index contributed by atoms with van der Waals surface area (Å²) >= 11 is 0. The van der Waals surface area contributed by atoms with Crippen molar-refractivity contribution in [3.8, 4) is 0 Å². The van der Waals surface area contributed by atoms with Gasteiger partial charge in [0.1, 0.15) is 0 Å². The third-order valence-electron chi connectivity index (χ3n) is 5.34. The molecule has 2 rings (SSSR count). The standard InChI is InChI=1S/C19H31N3O3S/c1-13-9-17(26(24,25)22(4)5)11-18(15(13)3)21-19(23)10-14(2)16-7-6-8-20-12-16/h9,11,14,16,20H,6-8,10,12H2,1-5H3,(H,21,23). The van der Waals surface area contributed by atoms with E-state index >= 15 is 0 Å². The maximum Gasteiger partial charge on any atom is 0.242 e. The minimum atomic E-state index is -3.54. The van der Waals surface area contributed by atoms with Crippen molar-refractivity contribution in [3.05, 3.63) is 23.3 Å². The summed E-state index contributed by atoms with van der Waals surface area (Å²) in [5.74, 6) is 0.737. The molecule has 1 aromatic carbocycles. The maximum absolute atomic E-state index is 12.5. The highest BCUT2D eigenvalue weighted by molar-refractivity contribution is 7.89. The monoisotopic (exact) mass is 381 g/mol. The van der Waals surface area contributed by atoms with E-state index in [9.17, 15) is 13.2 Å². The van der Waals surface area contributed by atoms with Crippen LogP contribution in [0.2, 0.25) is 0 Å². The predicted octanol–water partition coefficient (Wildman–Crippen LogP) is 2.52. The van der Waals surface area contributed by atoms with E-state index in [0.29, 0.717) is 18.0 Å². The number of hydrogen-bond donors (Lipinski definition) is 2. The SMILES string of the molecule is Cc1cc(S(=O)(=O)N(C)C)cc(NC(=O)CC(C)C2CCCNC2)c1C. The Hall–Kier alpha value is -1.44.